The van der Waals surface area contributed by atoms with Gasteiger partial charge in [-0.15, -0.1) is 0 Å². The third-order valence-corrected chi connectivity index (χ3v) is 5.45. The minimum atomic E-state index is -0.603. The maximum Gasteiger partial charge on any atom is 0.261 e. The highest BCUT2D eigenvalue weighted by atomic mass is 16.5. The number of hydrogen-bond acceptors (Lipinski definition) is 3. The maximum absolute atomic E-state index is 13.1. The average Bonchev–Trinajstić information content (AvgIpc) is 2.75. The summed E-state index contributed by atoms with van der Waals surface area (Å²) in [6.07, 6.45) is 0.832. The van der Waals surface area contributed by atoms with Gasteiger partial charge < -0.3 is 15.0 Å². The Morgan fingerprint density at radius 1 is 1.00 bits per heavy atom. The van der Waals surface area contributed by atoms with E-state index < -0.39 is 6.04 Å². The van der Waals surface area contributed by atoms with Gasteiger partial charge in [0.25, 0.3) is 5.91 Å². The molecule has 0 fully saturated rings. The number of nitrogens with one attached hydrogen (secondary N) is 1. The second-order valence-electron chi connectivity index (χ2n) is 9.06. The normalized spacial score (nSPS) is 13.2. The summed E-state index contributed by atoms with van der Waals surface area (Å²) in [6, 6.07) is 16.9. The van der Waals surface area contributed by atoms with Gasteiger partial charge in [0, 0.05) is 12.6 Å². The van der Waals surface area contributed by atoms with Crippen LogP contribution in [0.3, 0.4) is 0 Å². The zero-order chi connectivity index (χ0) is 23.0. The predicted molar refractivity (Wildman–Crippen MR) is 125 cm³/mol. The Kier molecular flexibility index (Phi) is 8.66. The third-order valence-electron chi connectivity index (χ3n) is 5.45. The zero-order valence-corrected chi connectivity index (χ0v) is 19.6. The fraction of sp³-hybridized carbons (Fsp3) is 0.462. The summed E-state index contributed by atoms with van der Waals surface area (Å²) in [5, 5.41) is 2.97. The van der Waals surface area contributed by atoms with Crippen LogP contribution < -0.4 is 10.1 Å². The number of ether oxygens (including phenoxy) is 1. The van der Waals surface area contributed by atoms with Crippen molar-refractivity contribution < 1.29 is 14.3 Å². The molecule has 5 heteroatoms. The van der Waals surface area contributed by atoms with Gasteiger partial charge in [0.1, 0.15) is 11.8 Å². The molecule has 168 valence electrons. The Hall–Kier alpha value is -2.82. The van der Waals surface area contributed by atoms with Crippen LogP contribution in [0, 0.1) is 0 Å². The lowest BCUT2D eigenvalue weighted by Gasteiger charge is -2.29. The minimum absolute atomic E-state index is 0.0548. The van der Waals surface area contributed by atoms with Gasteiger partial charge in [-0.05, 0) is 48.9 Å². The quantitative estimate of drug-likeness (QED) is 0.635. The Balaban J connectivity index is 2.10. The second-order valence-corrected chi connectivity index (χ2v) is 9.06. The molecule has 0 bridgehead atoms. The van der Waals surface area contributed by atoms with E-state index in [9.17, 15) is 9.59 Å². The van der Waals surface area contributed by atoms with Crippen molar-refractivity contribution in [3.63, 3.8) is 0 Å². The third kappa shape index (κ3) is 7.42. The van der Waals surface area contributed by atoms with Gasteiger partial charge in [-0.2, -0.15) is 0 Å². The highest BCUT2D eigenvalue weighted by molar-refractivity contribution is 5.88. The summed E-state index contributed by atoms with van der Waals surface area (Å²) in [5.74, 6) is 0.251. The number of amides is 2. The van der Waals surface area contributed by atoms with E-state index in [0.29, 0.717) is 12.3 Å². The lowest BCUT2D eigenvalue weighted by Crippen LogP contribution is -2.50. The molecule has 0 heterocycles. The molecule has 31 heavy (non-hydrogen) atoms. The fourth-order valence-corrected chi connectivity index (χ4v) is 3.11. The van der Waals surface area contributed by atoms with Gasteiger partial charge >= 0.3 is 0 Å². The number of hydrogen-bond donors (Lipinski definition) is 1. The Morgan fingerprint density at radius 2 is 1.61 bits per heavy atom. The van der Waals surface area contributed by atoms with Crippen LogP contribution in [-0.4, -0.2) is 35.4 Å². The molecule has 0 spiro atoms. The van der Waals surface area contributed by atoms with E-state index in [-0.39, 0.29) is 29.9 Å². The van der Waals surface area contributed by atoms with Gasteiger partial charge in [0.15, 0.2) is 6.61 Å². The molecule has 2 aromatic rings. The van der Waals surface area contributed by atoms with Crippen LogP contribution in [0.5, 0.6) is 5.75 Å². The molecule has 5 nitrogen and oxygen atoms in total. The molecule has 2 amide bonds. The minimum Gasteiger partial charge on any atom is -0.484 e. The molecule has 0 aromatic heterocycles. The first-order valence-electron chi connectivity index (χ1n) is 11.0. The Bertz CT molecular complexity index is 841. The topological polar surface area (TPSA) is 58.6 Å². The van der Waals surface area contributed by atoms with Crippen LogP contribution in [0.25, 0.3) is 0 Å². The van der Waals surface area contributed by atoms with Crippen LogP contribution in [0.4, 0.5) is 0 Å². The van der Waals surface area contributed by atoms with Crippen molar-refractivity contribution in [1.29, 1.82) is 0 Å². The number of carbonyl (C=O) groups excluding carboxylic acids is 2. The summed E-state index contributed by atoms with van der Waals surface area (Å²) >= 11 is 0. The van der Waals surface area contributed by atoms with Gasteiger partial charge in [0.05, 0.1) is 0 Å². The molecule has 0 radical (unpaired) electrons. The SMILES string of the molecule is CC[C@@H](C)NC(=O)[C@@H](C)N(Cc1ccccc1)C(=O)COc1ccc(C(C)(C)C)cc1. The van der Waals surface area contributed by atoms with Crippen LogP contribution in [0.2, 0.25) is 0 Å². The Labute approximate surface area is 186 Å². The van der Waals surface area contributed by atoms with Crippen molar-refractivity contribution in [1.82, 2.24) is 10.2 Å². The molecule has 0 aliphatic rings. The van der Waals surface area contributed by atoms with Crippen molar-refractivity contribution >= 4 is 11.8 Å². The fourth-order valence-electron chi connectivity index (χ4n) is 3.11. The molecule has 0 saturated heterocycles. The summed E-state index contributed by atoms with van der Waals surface area (Å²) in [6.45, 7) is 12.4. The van der Waals surface area contributed by atoms with Crippen molar-refractivity contribution in [3.8, 4) is 5.75 Å². The van der Waals surface area contributed by atoms with Crippen molar-refractivity contribution in [3.05, 3.63) is 65.7 Å². The van der Waals surface area contributed by atoms with E-state index in [1.54, 1.807) is 11.8 Å². The van der Waals surface area contributed by atoms with Gasteiger partial charge in [0.2, 0.25) is 5.91 Å². The lowest BCUT2D eigenvalue weighted by molar-refractivity contribution is -0.142. The van der Waals surface area contributed by atoms with Gasteiger partial charge in [-0.3, -0.25) is 9.59 Å². The Morgan fingerprint density at radius 3 is 2.16 bits per heavy atom. The van der Waals surface area contributed by atoms with Crippen LogP contribution in [0.1, 0.15) is 59.1 Å². The maximum atomic E-state index is 13.1. The predicted octanol–water partition coefficient (Wildman–Crippen LogP) is 4.69. The summed E-state index contributed by atoms with van der Waals surface area (Å²) in [4.78, 5) is 27.4. The lowest BCUT2D eigenvalue weighted by atomic mass is 9.87. The smallest absolute Gasteiger partial charge is 0.261 e. The van der Waals surface area contributed by atoms with E-state index in [1.807, 2.05) is 68.4 Å². The van der Waals surface area contributed by atoms with E-state index in [2.05, 4.69) is 26.1 Å². The van der Waals surface area contributed by atoms with Crippen molar-refractivity contribution in [2.75, 3.05) is 6.61 Å². The van der Waals surface area contributed by atoms with E-state index >= 15 is 0 Å². The molecular formula is C26H36N2O3. The standard InChI is InChI=1S/C26H36N2O3/c1-7-19(2)27-25(30)20(3)28(17-21-11-9-8-10-12-21)24(29)18-31-23-15-13-22(14-16-23)26(4,5)6/h8-16,19-20H,7,17-18H2,1-6H3,(H,27,30)/t19-,20-/m1/s1. The largest absolute Gasteiger partial charge is 0.484 e. The van der Waals surface area contributed by atoms with Gasteiger partial charge in [-0.25, -0.2) is 0 Å². The summed E-state index contributed by atoms with van der Waals surface area (Å²) in [7, 11) is 0. The second kappa shape index (κ2) is 11.0. The van der Waals surface area contributed by atoms with Crippen molar-refractivity contribution in [2.45, 2.75) is 72.0 Å². The average molecular weight is 425 g/mol. The van der Waals surface area contributed by atoms with Crippen LogP contribution >= 0.6 is 0 Å². The molecule has 2 aromatic carbocycles. The highest BCUT2D eigenvalue weighted by Crippen LogP contribution is 2.24. The highest BCUT2D eigenvalue weighted by Gasteiger charge is 2.27. The molecule has 1 N–H and O–H groups in total. The number of benzene rings is 2. The molecule has 0 unspecified atom stereocenters. The molecule has 0 saturated carbocycles. The molecule has 0 aliphatic heterocycles. The molecule has 2 atom stereocenters. The van der Waals surface area contributed by atoms with Crippen LogP contribution in [0.15, 0.2) is 54.6 Å². The van der Waals surface area contributed by atoms with Gasteiger partial charge in [-0.1, -0.05) is 70.2 Å². The molecular weight excluding hydrogens is 388 g/mol. The van der Waals surface area contributed by atoms with E-state index in [4.69, 9.17) is 4.74 Å². The summed E-state index contributed by atoms with van der Waals surface area (Å²) < 4.78 is 5.76. The monoisotopic (exact) mass is 424 g/mol. The number of nitrogens with zero attached hydrogens (tertiary/aromatic N) is 1. The van der Waals surface area contributed by atoms with E-state index in [0.717, 1.165) is 12.0 Å². The zero-order valence-electron chi connectivity index (χ0n) is 19.6. The first-order valence-corrected chi connectivity index (χ1v) is 11.0. The number of rotatable bonds is 9. The number of carbonyl (C=O) groups is 2. The summed E-state index contributed by atoms with van der Waals surface area (Å²) in [5.41, 5.74) is 2.22. The van der Waals surface area contributed by atoms with E-state index in [1.165, 1.54) is 5.56 Å². The first-order chi connectivity index (χ1) is 14.6. The van der Waals surface area contributed by atoms with Crippen LogP contribution in [-0.2, 0) is 21.5 Å². The molecule has 0 aliphatic carbocycles. The molecule has 2 rings (SSSR count). The first kappa shape index (κ1) is 24.4. The van der Waals surface area contributed by atoms with Crippen molar-refractivity contribution in [2.24, 2.45) is 0 Å².